The number of carbonyl (C=O) groups is 1. The molecule has 0 unspecified atom stereocenters. The third-order valence-corrected chi connectivity index (χ3v) is 4.55. The number of H-pyrrole nitrogens is 1. The number of hydrogen-bond donors (Lipinski definition) is 3. The van der Waals surface area contributed by atoms with Gasteiger partial charge < -0.3 is 15.4 Å². The fraction of sp³-hybridized carbons (Fsp3) is 0.562. The lowest BCUT2D eigenvalue weighted by Gasteiger charge is -2.20. The van der Waals surface area contributed by atoms with Crippen molar-refractivity contribution in [2.45, 2.75) is 45.2 Å². The molecular weight excluding hydrogens is 294 g/mol. The maximum absolute atomic E-state index is 12.4. The van der Waals surface area contributed by atoms with Crippen LogP contribution in [0.5, 0.6) is 0 Å². The molecule has 3 rings (SSSR count). The minimum atomic E-state index is -0.0137. The molecule has 1 aliphatic carbocycles. The van der Waals surface area contributed by atoms with Gasteiger partial charge in [-0.1, -0.05) is 11.6 Å². The lowest BCUT2D eigenvalue weighted by molar-refractivity contribution is 0.0924. The Morgan fingerprint density at radius 3 is 3.13 bits per heavy atom. The zero-order chi connectivity index (χ0) is 16.2. The second kappa shape index (κ2) is 6.95. The van der Waals surface area contributed by atoms with Crippen LogP contribution in [-0.2, 0) is 13.0 Å². The van der Waals surface area contributed by atoms with Crippen molar-refractivity contribution in [2.75, 3.05) is 6.61 Å². The van der Waals surface area contributed by atoms with Crippen LogP contribution in [0.25, 0.3) is 0 Å². The lowest BCUT2D eigenvalue weighted by Crippen LogP contribution is -2.39. The van der Waals surface area contributed by atoms with Crippen molar-refractivity contribution in [2.24, 2.45) is 5.92 Å². The average Bonchev–Trinajstić information content (AvgIpc) is 3.23. The number of carbonyl (C=O) groups excluding carboxylic acids is 1. The first kappa shape index (κ1) is 15.7. The molecule has 0 bridgehead atoms. The summed E-state index contributed by atoms with van der Waals surface area (Å²) in [6.07, 6.45) is 7.38. The molecular formula is C16H23N5O2. The van der Waals surface area contributed by atoms with Gasteiger partial charge in [0.1, 0.15) is 0 Å². The van der Waals surface area contributed by atoms with Gasteiger partial charge in [0, 0.05) is 43.7 Å². The monoisotopic (exact) mass is 317 g/mol. The maximum Gasteiger partial charge on any atom is 0.253 e. The molecule has 2 atom stereocenters. The first-order valence-corrected chi connectivity index (χ1v) is 8.12. The highest BCUT2D eigenvalue weighted by Gasteiger charge is 2.29. The topological polar surface area (TPSA) is 95.8 Å². The van der Waals surface area contributed by atoms with E-state index in [4.69, 9.17) is 5.11 Å². The number of hydrogen-bond acceptors (Lipinski definition) is 4. The normalized spacial score (nSPS) is 20.8. The van der Waals surface area contributed by atoms with Gasteiger partial charge in [0.05, 0.1) is 11.3 Å². The van der Waals surface area contributed by atoms with Gasteiger partial charge in [-0.25, -0.2) is 0 Å². The van der Waals surface area contributed by atoms with E-state index in [0.717, 1.165) is 37.2 Å². The summed E-state index contributed by atoms with van der Waals surface area (Å²) in [6, 6.07) is 1.98. The number of aromatic nitrogens is 4. The SMILES string of the molecule is Cc1[nH]ccc1C(=O)N[C@@H]1CCC[C@@H]1Cn1cc(CCO)nn1. The van der Waals surface area contributed by atoms with Crippen LogP contribution in [0.3, 0.4) is 0 Å². The highest BCUT2D eigenvalue weighted by Crippen LogP contribution is 2.27. The summed E-state index contributed by atoms with van der Waals surface area (Å²) in [4.78, 5) is 15.4. The molecule has 1 aliphatic rings. The van der Waals surface area contributed by atoms with E-state index in [0.29, 0.717) is 17.9 Å². The van der Waals surface area contributed by atoms with Crippen molar-refractivity contribution >= 4 is 5.91 Å². The van der Waals surface area contributed by atoms with Gasteiger partial charge in [-0.05, 0) is 31.7 Å². The Bertz CT molecular complexity index is 663. The van der Waals surface area contributed by atoms with Crippen LogP contribution in [0.1, 0.15) is 41.0 Å². The average molecular weight is 317 g/mol. The third-order valence-electron chi connectivity index (χ3n) is 4.55. The maximum atomic E-state index is 12.4. The standard InChI is InChI=1S/C16H23N5O2/c1-11-14(5-7-17-11)16(23)18-15-4-2-3-12(15)9-21-10-13(6-8-22)19-20-21/h5,7,10,12,15,17,22H,2-4,6,8-9H2,1H3,(H,18,23)/t12-,15-/m1/s1. The molecule has 7 heteroatoms. The Labute approximate surface area is 135 Å². The van der Waals surface area contributed by atoms with Gasteiger partial charge in [0.2, 0.25) is 0 Å². The summed E-state index contributed by atoms with van der Waals surface area (Å²) < 4.78 is 1.82. The van der Waals surface area contributed by atoms with E-state index in [-0.39, 0.29) is 18.6 Å². The Balaban J connectivity index is 1.61. The number of aromatic amines is 1. The van der Waals surface area contributed by atoms with E-state index >= 15 is 0 Å². The van der Waals surface area contributed by atoms with Gasteiger partial charge in [0.25, 0.3) is 5.91 Å². The van der Waals surface area contributed by atoms with Crippen LogP contribution in [0.4, 0.5) is 0 Å². The molecule has 1 fully saturated rings. The molecule has 1 saturated carbocycles. The summed E-state index contributed by atoms with van der Waals surface area (Å²) in [6.45, 7) is 2.73. The zero-order valence-electron chi connectivity index (χ0n) is 13.3. The minimum Gasteiger partial charge on any atom is -0.396 e. The molecule has 2 heterocycles. The van der Waals surface area contributed by atoms with Crippen molar-refractivity contribution in [3.63, 3.8) is 0 Å². The Morgan fingerprint density at radius 2 is 2.39 bits per heavy atom. The second-order valence-corrected chi connectivity index (χ2v) is 6.19. The van der Waals surface area contributed by atoms with Crippen LogP contribution < -0.4 is 5.32 Å². The molecule has 0 spiro atoms. The number of aryl methyl sites for hydroxylation is 1. The zero-order valence-corrected chi connectivity index (χ0v) is 13.3. The number of rotatable bonds is 6. The van der Waals surface area contributed by atoms with Gasteiger partial charge in [0.15, 0.2) is 0 Å². The van der Waals surface area contributed by atoms with E-state index in [1.807, 2.05) is 23.9 Å². The van der Waals surface area contributed by atoms with Gasteiger partial charge in [-0.3, -0.25) is 9.48 Å². The molecule has 0 saturated heterocycles. The smallest absolute Gasteiger partial charge is 0.253 e. The molecule has 2 aromatic rings. The summed E-state index contributed by atoms with van der Waals surface area (Å²) in [5.41, 5.74) is 2.40. The molecule has 0 radical (unpaired) electrons. The van der Waals surface area contributed by atoms with Crippen molar-refractivity contribution in [1.29, 1.82) is 0 Å². The third kappa shape index (κ3) is 3.61. The van der Waals surface area contributed by atoms with Crippen LogP contribution in [0.2, 0.25) is 0 Å². The molecule has 124 valence electrons. The number of nitrogens with one attached hydrogen (secondary N) is 2. The predicted molar refractivity (Wildman–Crippen MR) is 84.9 cm³/mol. The summed E-state index contributed by atoms with van der Waals surface area (Å²) in [7, 11) is 0. The quantitative estimate of drug-likeness (QED) is 0.742. The summed E-state index contributed by atoms with van der Waals surface area (Å²) in [5, 5.41) is 20.3. The van der Waals surface area contributed by atoms with Gasteiger partial charge >= 0.3 is 0 Å². The van der Waals surface area contributed by atoms with Crippen molar-refractivity contribution < 1.29 is 9.90 Å². The van der Waals surface area contributed by atoms with E-state index in [1.54, 1.807) is 6.20 Å². The Morgan fingerprint density at radius 1 is 1.52 bits per heavy atom. The Hall–Kier alpha value is -2.15. The van der Waals surface area contributed by atoms with Gasteiger partial charge in [-0.2, -0.15) is 0 Å². The highest BCUT2D eigenvalue weighted by atomic mass is 16.3. The first-order chi connectivity index (χ1) is 11.2. The molecule has 2 aromatic heterocycles. The van der Waals surface area contributed by atoms with E-state index in [2.05, 4.69) is 20.6 Å². The van der Waals surface area contributed by atoms with Crippen molar-refractivity contribution in [1.82, 2.24) is 25.3 Å². The van der Waals surface area contributed by atoms with E-state index < -0.39 is 0 Å². The molecule has 3 N–H and O–H groups in total. The lowest BCUT2D eigenvalue weighted by atomic mass is 10.0. The first-order valence-electron chi connectivity index (χ1n) is 8.12. The summed E-state index contributed by atoms with van der Waals surface area (Å²) >= 11 is 0. The number of nitrogens with zero attached hydrogens (tertiary/aromatic N) is 3. The fourth-order valence-corrected chi connectivity index (χ4v) is 3.29. The molecule has 7 nitrogen and oxygen atoms in total. The molecule has 1 amide bonds. The second-order valence-electron chi connectivity index (χ2n) is 6.19. The van der Waals surface area contributed by atoms with E-state index in [1.165, 1.54) is 0 Å². The number of aliphatic hydroxyl groups is 1. The van der Waals surface area contributed by atoms with Crippen LogP contribution >= 0.6 is 0 Å². The molecule has 23 heavy (non-hydrogen) atoms. The van der Waals surface area contributed by atoms with Crippen molar-refractivity contribution in [3.8, 4) is 0 Å². The predicted octanol–water partition coefficient (Wildman–Crippen LogP) is 1.05. The molecule has 0 aromatic carbocycles. The minimum absolute atomic E-state index is 0.0137. The van der Waals surface area contributed by atoms with Crippen LogP contribution in [0, 0.1) is 12.8 Å². The number of amides is 1. The highest BCUT2D eigenvalue weighted by molar-refractivity contribution is 5.95. The summed E-state index contributed by atoms with van der Waals surface area (Å²) in [5.74, 6) is 0.349. The molecule has 0 aliphatic heterocycles. The van der Waals surface area contributed by atoms with Crippen molar-refractivity contribution in [3.05, 3.63) is 35.4 Å². The van der Waals surface area contributed by atoms with Crippen LogP contribution in [-0.4, -0.2) is 43.6 Å². The fourth-order valence-electron chi connectivity index (χ4n) is 3.29. The van der Waals surface area contributed by atoms with Gasteiger partial charge in [-0.15, -0.1) is 5.10 Å². The number of aliphatic hydroxyl groups excluding tert-OH is 1. The largest absolute Gasteiger partial charge is 0.396 e. The Kier molecular flexibility index (Phi) is 4.76. The van der Waals surface area contributed by atoms with E-state index in [9.17, 15) is 4.79 Å². The van der Waals surface area contributed by atoms with Crippen LogP contribution in [0.15, 0.2) is 18.5 Å².